The fraction of sp³-hybridized carbons (Fsp3) is 0.545. The van der Waals surface area contributed by atoms with Gasteiger partial charge in [-0.05, 0) is 18.8 Å². The molecule has 1 aromatic rings. The summed E-state index contributed by atoms with van der Waals surface area (Å²) in [7, 11) is 0. The highest BCUT2D eigenvalue weighted by Crippen LogP contribution is 2.19. The number of hydrogen-bond acceptors (Lipinski definition) is 4. The van der Waals surface area contributed by atoms with Crippen LogP contribution in [0.25, 0.3) is 0 Å². The molecule has 0 saturated carbocycles. The zero-order valence-electron chi connectivity index (χ0n) is 9.38. The summed E-state index contributed by atoms with van der Waals surface area (Å²) in [6, 6.07) is 0.745. The van der Waals surface area contributed by atoms with E-state index in [2.05, 4.69) is 10.3 Å². The number of nitrogens with two attached hydrogens (primary N) is 1. The first-order chi connectivity index (χ1) is 8.16. The minimum atomic E-state index is -0.834. The largest absolute Gasteiger partial charge is 0.381 e. The summed E-state index contributed by atoms with van der Waals surface area (Å²) in [5, 5.41) is 2.86. The molecule has 2 rings (SSSR count). The van der Waals surface area contributed by atoms with E-state index in [0.717, 1.165) is 32.1 Å². The van der Waals surface area contributed by atoms with Gasteiger partial charge >= 0.3 is 0 Å². The number of rotatable bonds is 3. The Morgan fingerprint density at radius 2 is 2.06 bits per heavy atom. The van der Waals surface area contributed by atoms with Crippen LogP contribution in [0.15, 0.2) is 6.07 Å². The van der Waals surface area contributed by atoms with Gasteiger partial charge in [0.05, 0.1) is 0 Å². The van der Waals surface area contributed by atoms with E-state index >= 15 is 0 Å². The maximum Gasteiger partial charge on any atom is 0.168 e. The van der Waals surface area contributed by atoms with E-state index in [-0.39, 0.29) is 11.6 Å². The van der Waals surface area contributed by atoms with Crippen LogP contribution < -0.4 is 11.1 Å². The van der Waals surface area contributed by atoms with Gasteiger partial charge in [-0.1, -0.05) is 0 Å². The van der Waals surface area contributed by atoms with Gasteiger partial charge in [0.2, 0.25) is 0 Å². The van der Waals surface area contributed by atoms with Crippen LogP contribution in [0.5, 0.6) is 0 Å². The fourth-order valence-corrected chi connectivity index (χ4v) is 1.80. The highest BCUT2D eigenvalue weighted by atomic mass is 19.1. The second-order valence-corrected chi connectivity index (χ2v) is 4.12. The van der Waals surface area contributed by atoms with E-state index < -0.39 is 11.6 Å². The van der Waals surface area contributed by atoms with E-state index in [0.29, 0.717) is 12.5 Å². The molecule has 1 aliphatic rings. The maximum absolute atomic E-state index is 13.3. The Kier molecular flexibility index (Phi) is 3.73. The third-order valence-corrected chi connectivity index (χ3v) is 2.86. The highest BCUT2D eigenvalue weighted by Gasteiger charge is 2.15. The minimum Gasteiger partial charge on any atom is -0.381 e. The Morgan fingerprint density at radius 3 is 2.76 bits per heavy atom. The van der Waals surface area contributed by atoms with Crippen molar-refractivity contribution in [2.45, 2.75) is 12.8 Å². The van der Waals surface area contributed by atoms with Crippen molar-refractivity contribution in [3.63, 3.8) is 0 Å². The van der Waals surface area contributed by atoms with E-state index in [1.165, 1.54) is 0 Å². The summed E-state index contributed by atoms with van der Waals surface area (Å²) in [5.41, 5.74) is 5.29. The number of nitrogens with zero attached hydrogens (tertiary/aromatic N) is 1. The summed E-state index contributed by atoms with van der Waals surface area (Å²) in [6.07, 6.45) is 1.87. The smallest absolute Gasteiger partial charge is 0.168 e. The first kappa shape index (κ1) is 12.0. The summed E-state index contributed by atoms with van der Waals surface area (Å²) < 4.78 is 31.4. The molecule has 4 nitrogen and oxygen atoms in total. The van der Waals surface area contributed by atoms with Crippen molar-refractivity contribution in [2.24, 2.45) is 5.92 Å². The molecule has 1 aliphatic heterocycles. The predicted octanol–water partition coefficient (Wildman–Crippen LogP) is 1.78. The first-order valence-corrected chi connectivity index (χ1v) is 5.60. The summed E-state index contributed by atoms with van der Waals surface area (Å²) in [4.78, 5) is 3.64. The van der Waals surface area contributed by atoms with E-state index in [1.807, 2.05) is 0 Å². The molecular formula is C11H15F2N3O. The first-order valence-electron chi connectivity index (χ1n) is 5.60. The number of nitrogen functional groups attached to an aromatic ring is 1. The topological polar surface area (TPSA) is 60.2 Å². The van der Waals surface area contributed by atoms with Gasteiger partial charge in [-0.3, -0.25) is 0 Å². The molecule has 17 heavy (non-hydrogen) atoms. The number of hydrogen-bond donors (Lipinski definition) is 2. The number of aromatic nitrogens is 1. The molecule has 3 N–H and O–H groups in total. The number of ether oxygens (including phenoxy) is 1. The van der Waals surface area contributed by atoms with Crippen molar-refractivity contribution < 1.29 is 13.5 Å². The van der Waals surface area contributed by atoms with Gasteiger partial charge in [0.25, 0.3) is 0 Å². The van der Waals surface area contributed by atoms with Crippen LogP contribution in [-0.2, 0) is 4.74 Å². The van der Waals surface area contributed by atoms with Gasteiger partial charge in [0, 0.05) is 25.8 Å². The Balaban J connectivity index is 1.96. The van der Waals surface area contributed by atoms with Gasteiger partial charge in [0.15, 0.2) is 23.3 Å². The molecule has 0 spiro atoms. The van der Waals surface area contributed by atoms with Crippen LogP contribution in [0.1, 0.15) is 12.8 Å². The third-order valence-electron chi connectivity index (χ3n) is 2.86. The van der Waals surface area contributed by atoms with Gasteiger partial charge in [-0.2, -0.15) is 0 Å². The zero-order valence-corrected chi connectivity index (χ0v) is 9.38. The fourth-order valence-electron chi connectivity index (χ4n) is 1.80. The molecule has 1 aromatic heterocycles. The molecule has 0 aliphatic carbocycles. The molecule has 2 heterocycles. The van der Waals surface area contributed by atoms with E-state index in [9.17, 15) is 8.78 Å². The van der Waals surface area contributed by atoms with Crippen LogP contribution >= 0.6 is 0 Å². The van der Waals surface area contributed by atoms with Crippen molar-refractivity contribution in [2.75, 3.05) is 30.8 Å². The number of halogens is 2. The highest BCUT2D eigenvalue weighted by molar-refractivity contribution is 5.44. The van der Waals surface area contributed by atoms with Gasteiger partial charge < -0.3 is 15.8 Å². The lowest BCUT2D eigenvalue weighted by molar-refractivity contribution is 0.0699. The SMILES string of the molecule is Nc1nc(NCC2CCOCC2)c(F)cc1F. The maximum atomic E-state index is 13.3. The van der Waals surface area contributed by atoms with Crippen LogP contribution in [0.4, 0.5) is 20.4 Å². The van der Waals surface area contributed by atoms with Crippen molar-refractivity contribution in [3.05, 3.63) is 17.7 Å². The normalized spacial score (nSPS) is 17.1. The molecule has 6 heteroatoms. The average molecular weight is 243 g/mol. The second kappa shape index (κ2) is 5.27. The van der Waals surface area contributed by atoms with Crippen LogP contribution in [0.2, 0.25) is 0 Å². The Bertz CT molecular complexity index is 395. The molecule has 1 saturated heterocycles. The average Bonchev–Trinajstić information content (AvgIpc) is 2.33. The number of pyridine rings is 1. The lowest BCUT2D eigenvalue weighted by Crippen LogP contribution is -2.23. The summed E-state index contributed by atoms with van der Waals surface area (Å²) in [6.45, 7) is 2.06. The number of nitrogens with one attached hydrogen (secondary N) is 1. The van der Waals surface area contributed by atoms with Crippen molar-refractivity contribution in [1.29, 1.82) is 0 Å². The van der Waals surface area contributed by atoms with Crippen LogP contribution in [-0.4, -0.2) is 24.7 Å². The van der Waals surface area contributed by atoms with Crippen LogP contribution in [0, 0.1) is 17.6 Å². The third kappa shape index (κ3) is 3.03. The molecule has 94 valence electrons. The molecule has 1 fully saturated rings. The summed E-state index contributed by atoms with van der Waals surface area (Å²) in [5.74, 6) is -1.41. The molecule has 0 bridgehead atoms. The minimum absolute atomic E-state index is 0.00962. The van der Waals surface area contributed by atoms with Crippen molar-refractivity contribution in [3.8, 4) is 0 Å². The molecule has 0 aromatic carbocycles. The van der Waals surface area contributed by atoms with E-state index in [1.54, 1.807) is 0 Å². The Labute approximate surface area is 98.2 Å². The van der Waals surface area contributed by atoms with E-state index in [4.69, 9.17) is 10.5 Å². The van der Waals surface area contributed by atoms with Crippen molar-refractivity contribution in [1.82, 2.24) is 4.98 Å². The molecule has 0 atom stereocenters. The lowest BCUT2D eigenvalue weighted by atomic mass is 10.0. The van der Waals surface area contributed by atoms with Gasteiger partial charge in [-0.15, -0.1) is 0 Å². The summed E-state index contributed by atoms with van der Waals surface area (Å²) >= 11 is 0. The molecular weight excluding hydrogens is 228 g/mol. The number of anilines is 2. The Morgan fingerprint density at radius 1 is 1.35 bits per heavy atom. The van der Waals surface area contributed by atoms with Crippen molar-refractivity contribution >= 4 is 11.6 Å². The monoisotopic (exact) mass is 243 g/mol. The van der Waals surface area contributed by atoms with Crippen LogP contribution in [0.3, 0.4) is 0 Å². The molecule has 0 amide bonds. The predicted molar refractivity (Wildman–Crippen MR) is 60.6 cm³/mol. The lowest BCUT2D eigenvalue weighted by Gasteiger charge is -2.22. The Hall–Kier alpha value is -1.43. The standard InChI is InChI=1S/C11H15F2N3O/c12-8-5-9(13)11(16-10(8)14)15-6-7-1-3-17-4-2-7/h5,7H,1-4,6H2,(H3,14,15,16). The van der Waals surface area contributed by atoms with Gasteiger partial charge in [-0.25, -0.2) is 13.8 Å². The zero-order chi connectivity index (χ0) is 12.3. The molecule has 0 unspecified atom stereocenters. The van der Waals surface area contributed by atoms with Gasteiger partial charge in [0.1, 0.15) is 0 Å². The quantitative estimate of drug-likeness (QED) is 0.849. The second-order valence-electron chi connectivity index (χ2n) is 4.12. The molecule has 0 radical (unpaired) electrons.